The van der Waals surface area contributed by atoms with Gasteiger partial charge in [0.05, 0.1) is 0 Å². The highest BCUT2D eigenvalue weighted by Gasteiger charge is 2.13. The summed E-state index contributed by atoms with van der Waals surface area (Å²) in [4.78, 5) is 27.2. The number of aromatic amines is 2. The van der Waals surface area contributed by atoms with Crippen LogP contribution in [0.15, 0.2) is 4.79 Å². The number of nitrogens with one attached hydrogen (secondary N) is 3. The van der Waals surface area contributed by atoms with Crippen molar-refractivity contribution in [3.8, 4) is 5.88 Å². The number of H-pyrrole nitrogens is 2. The first kappa shape index (κ1) is 24.3. The Morgan fingerprint density at radius 1 is 0.750 bits per heavy atom. The molecule has 0 saturated heterocycles. The Morgan fingerprint density at radius 3 is 1.57 bits per heavy atom. The number of hydrogen-bond acceptors (Lipinski definition) is 3. The van der Waals surface area contributed by atoms with Crippen LogP contribution < -0.4 is 11.0 Å². The number of rotatable bonds is 18. The fourth-order valence-electron chi connectivity index (χ4n) is 3.50. The predicted molar refractivity (Wildman–Crippen MR) is 115 cm³/mol. The summed E-state index contributed by atoms with van der Waals surface area (Å²) in [5.41, 5.74) is -0.674. The Hall–Kier alpha value is -1.72. The molecule has 0 saturated carbocycles. The van der Waals surface area contributed by atoms with Gasteiger partial charge in [-0.1, -0.05) is 103 Å². The van der Waals surface area contributed by atoms with Gasteiger partial charge in [0.25, 0.3) is 5.91 Å². The summed E-state index contributed by atoms with van der Waals surface area (Å²) in [6.45, 7) is 2.83. The minimum atomic E-state index is -0.579. The molecule has 1 aromatic heterocycles. The van der Waals surface area contributed by atoms with Gasteiger partial charge < -0.3 is 10.4 Å². The Balaban J connectivity index is 1.80. The first-order chi connectivity index (χ1) is 13.6. The van der Waals surface area contributed by atoms with Crippen molar-refractivity contribution in [3.05, 3.63) is 16.2 Å². The second kappa shape index (κ2) is 16.3. The van der Waals surface area contributed by atoms with Crippen molar-refractivity contribution in [2.75, 3.05) is 6.54 Å². The van der Waals surface area contributed by atoms with E-state index < -0.39 is 17.5 Å². The molecule has 0 bridgehead atoms. The molecule has 0 atom stereocenters. The van der Waals surface area contributed by atoms with Crippen LogP contribution in [0.4, 0.5) is 0 Å². The zero-order valence-electron chi connectivity index (χ0n) is 17.8. The molecular weight excluding hydrogens is 354 g/mol. The highest BCUT2D eigenvalue weighted by molar-refractivity contribution is 5.94. The molecule has 0 aromatic carbocycles. The maximum Gasteiger partial charge on any atom is 0.326 e. The minimum absolute atomic E-state index is 0.0958. The molecule has 1 rings (SSSR count). The van der Waals surface area contributed by atoms with Crippen LogP contribution in [0, 0.1) is 0 Å². The summed E-state index contributed by atoms with van der Waals surface area (Å²) in [6, 6.07) is 0. The molecule has 1 aromatic rings. The van der Waals surface area contributed by atoms with Crippen molar-refractivity contribution in [3.63, 3.8) is 0 Å². The molecule has 0 radical (unpaired) electrons. The summed E-state index contributed by atoms with van der Waals surface area (Å²) in [5, 5.41) is 12.1. The van der Waals surface area contributed by atoms with E-state index in [1.165, 1.54) is 89.9 Å². The number of amides is 1. The number of carbonyl (C=O) groups excluding carboxylic acids is 1. The lowest BCUT2D eigenvalue weighted by atomic mass is 10.0. The van der Waals surface area contributed by atoms with Crippen LogP contribution in [-0.2, 0) is 0 Å². The number of aromatic hydroxyl groups is 1. The van der Waals surface area contributed by atoms with Crippen molar-refractivity contribution in [1.29, 1.82) is 0 Å². The van der Waals surface area contributed by atoms with E-state index in [2.05, 4.69) is 22.2 Å². The van der Waals surface area contributed by atoms with Crippen LogP contribution in [-0.4, -0.2) is 27.5 Å². The van der Waals surface area contributed by atoms with Crippen molar-refractivity contribution >= 4 is 5.91 Å². The molecule has 0 spiro atoms. The quantitative estimate of drug-likeness (QED) is 0.250. The molecule has 1 amide bonds. The van der Waals surface area contributed by atoms with Gasteiger partial charge in [-0.15, -0.1) is 0 Å². The van der Waals surface area contributed by atoms with Crippen molar-refractivity contribution in [2.24, 2.45) is 0 Å². The van der Waals surface area contributed by atoms with Crippen LogP contribution in [0.2, 0.25) is 0 Å². The fourth-order valence-corrected chi connectivity index (χ4v) is 3.50. The summed E-state index contributed by atoms with van der Waals surface area (Å²) in [7, 11) is 0. The van der Waals surface area contributed by atoms with E-state index in [4.69, 9.17) is 0 Å². The number of unbranched alkanes of at least 4 members (excludes halogenated alkanes) is 15. The van der Waals surface area contributed by atoms with E-state index in [9.17, 15) is 14.7 Å². The maximum absolute atomic E-state index is 11.8. The summed E-state index contributed by atoms with van der Waals surface area (Å²) in [6.07, 6.45) is 21.1. The fraction of sp³-hybridized carbons (Fsp3) is 0.818. The topological polar surface area (TPSA) is 98.0 Å². The van der Waals surface area contributed by atoms with Gasteiger partial charge in [-0.2, -0.15) is 0 Å². The Morgan fingerprint density at radius 2 is 1.18 bits per heavy atom. The molecule has 6 nitrogen and oxygen atoms in total. The van der Waals surface area contributed by atoms with Crippen LogP contribution in [0.25, 0.3) is 0 Å². The van der Waals surface area contributed by atoms with Crippen molar-refractivity contribution in [1.82, 2.24) is 15.3 Å². The molecule has 0 fully saturated rings. The Bertz CT molecular complexity index is 566. The average Bonchev–Trinajstić information content (AvgIpc) is 3.02. The van der Waals surface area contributed by atoms with Gasteiger partial charge >= 0.3 is 5.69 Å². The van der Waals surface area contributed by atoms with Gasteiger partial charge in [0, 0.05) is 6.54 Å². The maximum atomic E-state index is 11.8. The first-order valence-corrected chi connectivity index (χ1v) is 11.4. The molecule has 162 valence electrons. The Labute approximate surface area is 169 Å². The SMILES string of the molecule is CCCCCCCCCCCCCCCCCCNC(=O)c1[nH]c(=O)[nH]c1O. The molecule has 4 N–H and O–H groups in total. The lowest BCUT2D eigenvalue weighted by Crippen LogP contribution is -2.25. The number of aromatic nitrogens is 2. The van der Waals surface area contributed by atoms with Crippen LogP contribution in [0.1, 0.15) is 120 Å². The lowest BCUT2D eigenvalue weighted by molar-refractivity contribution is 0.0945. The monoisotopic (exact) mass is 395 g/mol. The van der Waals surface area contributed by atoms with Gasteiger partial charge in [0.2, 0.25) is 5.88 Å². The van der Waals surface area contributed by atoms with Crippen LogP contribution >= 0.6 is 0 Å². The summed E-state index contributed by atoms with van der Waals surface area (Å²) in [5.74, 6) is -0.855. The highest BCUT2D eigenvalue weighted by atomic mass is 16.3. The van der Waals surface area contributed by atoms with E-state index >= 15 is 0 Å². The number of hydrogen-bond donors (Lipinski definition) is 4. The second-order valence-electron chi connectivity index (χ2n) is 7.86. The molecule has 1 heterocycles. The van der Waals surface area contributed by atoms with Crippen molar-refractivity contribution in [2.45, 2.75) is 110 Å². The van der Waals surface area contributed by atoms with E-state index in [1.54, 1.807) is 0 Å². The normalized spacial score (nSPS) is 11.0. The molecule has 0 aliphatic carbocycles. The van der Waals surface area contributed by atoms with E-state index in [0.29, 0.717) is 6.54 Å². The van der Waals surface area contributed by atoms with E-state index in [0.717, 1.165) is 12.8 Å². The van der Waals surface area contributed by atoms with Crippen molar-refractivity contribution < 1.29 is 9.90 Å². The van der Waals surface area contributed by atoms with Gasteiger partial charge in [-0.3, -0.25) is 14.8 Å². The highest BCUT2D eigenvalue weighted by Crippen LogP contribution is 2.13. The predicted octanol–water partition coefficient (Wildman–Crippen LogP) is 5.40. The smallest absolute Gasteiger partial charge is 0.326 e. The van der Waals surface area contributed by atoms with Gasteiger partial charge in [-0.25, -0.2) is 4.79 Å². The molecule has 0 aliphatic rings. The number of carbonyl (C=O) groups is 1. The molecule has 0 aliphatic heterocycles. The third-order valence-electron chi connectivity index (χ3n) is 5.25. The number of imidazole rings is 1. The Kier molecular flexibility index (Phi) is 14.1. The first-order valence-electron chi connectivity index (χ1n) is 11.4. The van der Waals surface area contributed by atoms with E-state index in [-0.39, 0.29) is 5.69 Å². The zero-order chi connectivity index (χ0) is 20.5. The summed E-state index contributed by atoms with van der Waals surface area (Å²) < 4.78 is 0. The zero-order valence-corrected chi connectivity index (χ0v) is 17.8. The molecular formula is C22H41N3O3. The third-order valence-corrected chi connectivity index (χ3v) is 5.25. The second-order valence-corrected chi connectivity index (χ2v) is 7.86. The third kappa shape index (κ3) is 11.9. The standard InChI is InChI=1S/C22H41N3O3/c1-2-3-4-5-6-7-8-9-10-11-12-13-14-15-16-17-18-23-20(26)19-21(27)25-22(28)24-19/h27H,2-18H2,1H3,(H,23,26)(H2,24,25,28). The summed E-state index contributed by atoms with van der Waals surface area (Å²) >= 11 is 0. The average molecular weight is 396 g/mol. The lowest BCUT2D eigenvalue weighted by Gasteiger charge is -2.05. The largest absolute Gasteiger partial charge is 0.493 e. The molecule has 6 heteroatoms. The van der Waals surface area contributed by atoms with Gasteiger partial charge in [0.15, 0.2) is 5.69 Å². The minimum Gasteiger partial charge on any atom is -0.493 e. The van der Waals surface area contributed by atoms with Gasteiger partial charge in [-0.05, 0) is 6.42 Å². The van der Waals surface area contributed by atoms with Crippen LogP contribution in [0.3, 0.4) is 0 Å². The molecule has 0 unspecified atom stereocenters. The van der Waals surface area contributed by atoms with Crippen LogP contribution in [0.5, 0.6) is 5.88 Å². The van der Waals surface area contributed by atoms with E-state index in [1.807, 2.05) is 0 Å². The molecule has 28 heavy (non-hydrogen) atoms. The van der Waals surface area contributed by atoms with Gasteiger partial charge in [0.1, 0.15) is 0 Å².